The molecule has 82 valence electrons. The van der Waals surface area contributed by atoms with E-state index < -0.39 is 0 Å². The van der Waals surface area contributed by atoms with Crippen molar-refractivity contribution < 1.29 is 4.79 Å². The van der Waals surface area contributed by atoms with Crippen LogP contribution in [0.5, 0.6) is 0 Å². The molecule has 1 heterocycles. The molecule has 1 aliphatic carbocycles. The molecule has 1 N–H and O–H groups in total. The molecule has 0 amide bonds. The lowest BCUT2D eigenvalue weighted by molar-refractivity contribution is -0.128. The molecule has 1 aromatic heterocycles. The van der Waals surface area contributed by atoms with Crippen molar-refractivity contribution in [2.75, 3.05) is 0 Å². The quantitative estimate of drug-likeness (QED) is 0.822. The Hall–Kier alpha value is -1.12. The van der Waals surface area contributed by atoms with Crippen LogP contribution in [-0.4, -0.2) is 15.8 Å². The normalized spacial score (nSPS) is 19.3. The molecular formula is C12H18N2O. The summed E-state index contributed by atoms with van der Waals surface area (Å²) >= 11 is 0. The second kappa shape index (κ2) is 4.17. The molecular weight excluding hydrogens is 188 g/mol. The van der Waals surface area contributed by atoms with Crippen LogP contribution in [0.2, 0.25) is 0 Å². The molecule has 1 fully saturated rings. The van der Waals surface area contributed by atoms with Crippen molar-refractivity contribution in [2.45, 2.75) is 45.4 Å². The zero-order chi connectivity index (χ0) is 10.7. The third-order valence-electron chi connectivity index (χ3n) is 3.71. The van der Waals surface area contributed by atoms with Crippen LogP contribution in [0.4, 0.5) is 0 Å². The molecule has 3 heteroatoms. The maximum absolute atomic E-state index is 12.2. The van der Waals surface area contributed by atoms with Gasteiger partial charge in [-0.1, -0.05) is 19.8 Å². The van der Waals surface area contributed by atoms with Crippen molar-refractivity contribution in [3.8, 4) is 0 Å². The van der Waals surface area contributed by atoms with Crippen LogP contribution in [0.3, 0.4) is 0 Å². The van der Waals surface area contributed by atoms with Crippen molar-refractivity contribution in [2.24, 2.45) is 5.41 Å². The van der Waals surface area contributed by atoms with Gasteiger partial charge in [0.25, 0.3) is 0 Å². The summed E-state index contributed by atoms with van der Waals surface area (Å²) in [5.74, 6) is 1.18. The number of nitrogens with zero attached hydrogens (tertiary/aromatic N) is 1. The standard InChI is InChI=1S/C12H18N2O/c1-2-12(5-3-4-6-12)10(15)9-11-13-7-8-14-11/h7-8H,2-6,9H2,1H3,(H,13,14). The fraction of sp³-hybridized carbons (Fsp3) is 0.667. The minimum atomic E-state index is -0.0349. The third-order valence-corrected chi connectivity index (χ3v) is 3.71. The maximum Gasteiger partial charge on any atom is 0.146 e. The Bertz CT molecular complexity index is 323. The van der Waals surface area contributed by atoms with Crippen LogP contribution in [0.15, 0.2) is 12.4 Å². The van der Waals surface area contributed by atoms with Crippen LogP contribution < -0.4 is 0 Å². The predicted octanol–water partition coefficient (Wildman–Crippen LogP) is 2.49. The van der Waals surface area contributed by atoms with Gasteiger partial charge < -0.3 is 4.98 Å². The van der Waals surface area contributed by atoms with E-state index in [-0.39, 0.29) is 5.41 Å². The zero-order valence-corrected chi connectivity index (χ0v) is 9.25. The fourth-order valence-electron chi connectivity index (χ4n) is 2.62. The number of carbonyl (C=O) groups is 1. The average Bonchev–Trinajstić information content (AvgIpc) is 2.87. The summed E-state index contributed by atoms with van der Waals surface area (Å²) in [6.07, 6.45) is 9.49. The summed E-state index contributed by atoms with van der Waals surface area (Å²) in [5.41, 5.74) is -0.0349. The van der Waals surface area contributed by atoms with Crippen LogP contribution in [0, 0.1) is 5.41 Å². The number of hydrogen-bond acceptors (Lipinski definition) is 2. The molecule has 0 spiro atoms. The van der Waals surface area contributed by atoms with E-state index in [4.69, 9.17) is 0 Å². The van der Waals surface area contributed by atoms with E-state index in [1.54, 1.807) is 12.4 Å². The van der Waals surface area contributed by atoms with E-state index in [9.17, 15) is 4.79 Å². The number of H-pyrrole nitrogens is 1. The monoisotopic (exact) mass is 206 g/mol. The summed E-state index contributed by atoms with van der Waals surface area (Å²) in [6, 6.07) is 0. The lowest BCUT2D eigenvalue weighted by atomic mass is 9.78. The number of imidazole rings is 1. The Morgan fingerprint density at radius 2 is 2.27 bits per heavy atom. The summed E-state index contributed by atoms with van der Waals surface area (Å²) in [7, 11) is 0. The van der Waals surface area contributed by atoms with Gasteiger partial charge in [0.2, 0.25) is 0 Å². The number of rotatable bonds is 4. The first-order chi connectivity index (χ1) is 7.27. The smallest absolute Gasteiger partial charge is 0.146 e. The Morgan fingerprint density at radius 1 is 1.53 bits per heavy atom. The van der Waals surface area contributed by atoms with Gasteiger partial charge >= 0.3 is 0 Å². The van der Waals surface area contributed by atoms with Crippen LogP contribution >= 0.6 is 0 Å². The molecule has 0 atom stereocenters. The molecule has 1 aliphatic rings. The predicted molar refractivity (Wildman–Crippen MR) is 58.5 cm³/mol. The van der Waals surface area contributed by atoms with Crippen LogP contribution in [0.25, 0.3) is 0 Å². The molecule has 3 nitrogen and oxygen atoms in total. The van der Waals surface area contributed by atoms with Gasteiger partial charge in [-0.2, -0.15) is 0 Å². The first-order valence-corrected chi connectivity index (χ1v) is 5.78. The minimum absolute atomic E-state index is 0.0349. The molecule has 0 bridgehead atoms. The Balaban J connectivity index is 2.06. The lowest BCUT2D eigenvalue weighted by Crippen LogP contribution is -2.29. The van der Waals surface area contributed by atoms with E-state index in [0.717, 1.165) is 25.1 Å². The summed E-state index contributed by atoms with van der Waals surface area (Å²) < 4.78 is 0. The number of aromatic amines is 1. The highest BCUT2D eigenvalue weighted by Gasteiger charge is 2.38. The molecule has 2 rings (SSSR count). The molecule has 0 radical (unpaired) electrons. The number of hydrogen-bond donors (Lipinski definition) is 1. The molecule has 0 aliphatic heterocycles. The van der Waals surface area contributed by atoms with Crippen molar-refractivity contribution in [1.82, 2.24) is 9.97 Å². The first-order valence-electron chi connectivity index (χ1n) is 5.78. The Labute approximate surface area is 90.3 Å². The first kappa shape index (κ1) is 10.4. The SMILES string of the molecule is CCC1(C(=O)Cc2ncc[nH]2)CCCC1. The number of Topliss-reactive ketones (excluding diaryl/α,β-unsaturated/α-hetero) is 1. The highest BCUT2D eigenvalue weighted by atomic mass is 16.1. The highest BCUT2D eigenvalue weighted by Crippen LogP contribution is 2.42. The maximum atomic E-state index is 12.2. The van der Waals surface area contributed by atoms with Gasteiger partial charge in [-0.05, 0) is 19.3 Å². The minimum Gasteiger partial charge on any atom is -0.348 e. The molecule has 1 aromatic rings. The summed E-state index contributed by atoms with van der Waals surface area (Å²) in [4.78, 5) is 19.3. The van der Waals surface area contributed by atoms with Gasteiger partial charge in [0.15, 0.2) is 0 Å². The van der Waals surface area contributed by atoms with Crippen molar-refractivity contribution >= 4 is 5.78 Å². The van der Waals surface area contributed by atoms with Gasteiger partial charge in [-0.25, -0.2) is 4.98 Å². The summed E-state index contributed by atoms with van der Waals surface area (Å²) in [6.45, 7) is 2.13. The van der Waals surface area contributed by atoms with E-state index in [2.05, 4.69) is 16.9 Å². The van der Waals surface area contributed by atoms with Gasteiger partial charge in [0.05, 0.1) is 6.42 Å². The van der Waals surface area contributed by atoms with Crippen molar-refractivity contribution in [1.29, 1.82) is 0 Å². The number of aromatic nitrogens is 2. The van der Waals surface area contributed by atoms with Crippen molar-refractivity contribution in [3.63, 3.8) is 0 Å². The van der Waals surface area contributed by atoms with E-state index in [1.807, 2.05) is 0 Å². The summed E-state index contributed by atoms with van der Waals surface area (Å²) in [5, 5.41) is 0. The topological polar surface area (TPSA) is 45.8 Å². The number of nitrogens with one attached hydrogen (secondary N) is 1. The Morgan fingerprint density at radius 3 is 2.80 bits per heavy atom. The van der Waals surface area contributed by atoms with Crippen molar-refractivity contribution in [3.05, 3.63) is 18.2 Å². The van der Waals surface area contributed by atoms with Gasteiger partial charge in [0, 0.05) is 17.8 Å². The number of carbonyl (C=O) groups excluding carboxylic acids is 1. The average molecular weight is 206 g/mol. The second-order valence-electron chi connectivity index (χ2n) is 4.48. The highest BCUT2D eigenvalue weighted by molar-refractivity contribution is 5.86. The van der Waals surface area contributed by atoms with E-state index >= 15 is 0 Å². The fourth-order valence-corrected chi connectivity index (χ4v) is 2.62. The van der Waals surface area contributed by atoms with Gasteiger partial charge in [-0.3, -0.25) is 4.79 Å². The lowest BCUT2D eigenvalue weighted by Gasteiger charge is -2.25. The number of ketones is 1. The largest absolute Gasteiger partial charge is 0.348 e. The molecule has 1 saturated carbocycles. The van der Waals surface area contributed by atoms with Crippen LogP contribution in [-0.2, 0) is 11.2 Å². The Kier molecular flexibility index (Phi) is 2.89. The molecule has 0 saturated heterocycles. The van der Waals surface area contributed by atoms with E-state index in [0.29, 0.717) is 12.2 Å². The van der Waals surface area contributed by atoms with Gasteiger partial charge in [0.1, 0.15) is 11.6 Å². The second-order valence-corrected chi connectivity index (χ2v) is 4.48. The molecule has 0 aromatic carbocycles. The third kappa shape index (κ3) is 1.96. The molecule has 0 unspecified atom stereocenters. The van der Waals surface area contributed by atoms with E-state index in [1.165, 1.54) is 12.8 Å². The molecule has 15 heavy (non-hydrogen) atoms. The van der Waals surface area contributed by atoms with Crippen LogP contribution in [0.1, 0.15) is 44.9 Å². The zero-order valence-electron chi connectivity index (χ0n) is 9.25. The van der Waals surface area contributed by atoms with Gasteiger partial charge in [-0.15, -0.1) is 0 Å².